The second-order valence-electron chi connectivity index (χ2n) is 11.6. The number of carbonyl (C=O) groups is 1. The molecule has 214 valence electrons. The van der Waals surface area contributed by atoms with E-state index in [0.29, 0.717) is 6.42 Å². The topological polar surface area (TPSA) is 26.3 Å². The summed E-state index contributed by atoms with van der Waals surface area (Å²) in [5.74, 6) is -0.0407. The van der Waals surface area contributed by atoms with Crippen LogP contribution in [0.15, 0.2) is 46.6 Å². The minimum absolute atomic E-state index is 0.0407. The van der Waals surface area contributed by atoms with Gasteiger partial charge < -0.3 is 4.74 Å². The molecule has 2 heteroatoms. The molecule has 0 aliphatic rings. The van der Waals surface area contributed by atoms with Crippen LogP contribution >= 0.6 is 0 Å². The van der Waals surface area contributed by atoms with Crippen molar-refractivity contribution in [2.45, 2.75) is 170 Å². The van der Waals surface area contributed by atoms with Crippen molar-refractivity contribution in [2.24, 2.45) is 0 Å². The summed E-state index contributed by atoms with van der Waals surface area (Å²) in [4.78, 5) is 12.6. The molecule has 0 aliphatic heterocycles. The summed E-state index contributed by atoms with van der Waals surface area (Å²) in [6.07, 6.45) is 30.0. The van der Waals surface area contributed by atoms with E-state index in [1.54, 1.807) is 0 Å². The van der Waals surface area contributed by atoms with Crippen molar-refractivity contribution in [3.05, 3.63) is 46.6 Å². The standard InChI is InChI=1S/C35H62O2/c1-8-9-10-11-12-13-14-15-16-17-18-19-26-35(36)37-34(29-33(7)25-21-23-31(4)5)28-27-32(6)24-20-22-30(2)3/h22-23,27,29,34H,8-21,24-26,28H2,1-7H3/b32-27+,33-29+. The van der Waals surface area contributed by atoms with Gasteiger partial charge >= 0.3 is 5.97 Å². The molecule has 0 fully saturated rings. The molecule has 0 radical (unpaired) electrons. The molecular weight excluding hydrogens is 452 g/mol. The van der Waals surface area contributed by atoms with Crippen LogP contribution in [0.1, 0.15) is 164 Å². The molecule has 0 spiro atoms. The fraction of sp³-hybridized carbons (Fsp3) is 0.743. The zero-order chi connectivity index (χ0) is 27.7. The van der Waals surface area contributed by atoms with Gasteiger partial charge in [-0.25, -0.2) is 0 Å². The third-order valence-corrected chi connectivity index (χ3v) is 6.87. The zero-order valence-electron chi connectivity index (χ0n) is 25.9. The van der Waals surface area contributed by atoms with Crippen molar-refractivity contribution in [1.82, 2.24) is 0 Å². The molecule has 0 aliphatic carbocycles. The summed E-state index contributed by atoms with van der Waals surface area (Å²) < 4.78 is 5.95. The number of esters is 1. The van der Waals surface area contributed by atoms with E-state index in [1.807, 2.05) is 0 Å². The molecular formula is C35H62O2. The molecule has 0 aromatic rings. The highest BCUT2D eigenvalue weighted by Gasteiger charge is 2.12. The van der Waals surface area contributed by atoms with Crippen molar-refractivity contribution in [3.8, 4) is 0 Å². The van der Waals surface area contributed by atoms with Crippen molar-refractivity contribution < 1.29 is 9.53 Å². The number of allylic oxidation sites excluding steroid dienone is 6. The number of unbranched alkanes of at least 4 members (excludes halogenated alkanes) is 11. The lowest BCUT2D eigenvalue weighted by Crippen LogP contribution is -2.16. The first-order valence-corrected chi connectivity index (χ1v) is 15.5. The van der Waals surface area contributed by atoms with Crippen molar-refractivity contribution >= 4 is 5.97 Å². The average molecular weight is 515 g/mol. The van der Waals surface area contributed by atoms with Gasteiger partial charge in [0.05, 0.1) is 0 Å². The van der Waals surface area contributed by atoms with Crippen LogP contribution in [0.3, 0.4) is 0 Å². The highest BCUT2D eigenvalue weighted by Crippen LogP contribution is 2.17. The monoisotopic (exact) mass is 514 g/mol. The van der Waals surface area contributed by atoms with Gasteiger partial charge in [0.25, 0.3) is 0 Å². The molecule has 37 heavy (non-hydrogen) atoms. The number of hydrogen-bond donors (Lipinski definition) is 0. The van der Waals surface area contributed by atoms with Crippen molar-refractivity contribution in [2.75, 3.05) is 0 Å². The van der Waals surface area contributed by atoms with Crippen LogP contribution in [0.25, 0.3) is 0 Å². The van der Waals surface area contributed by atoms with E-state index in [0.717, 1.165) is 44.9 Å². The highest BCUT2D eigenvalue weighted by atomic mass is 16.5. The fourth-order valence-electron chi connectivity index (χ4n) is 4.49. The summed E-state index contributed by atoms with van der Waals surface area (Å²) in [7, 11) is 0. The maximum absolute atomic E-state index is 12.6. The fourth-order valence-corrected chi connectivity index (χ4v) is 4.49. The van der Waals surface area contributed by atoms with Crippen LogP contribution in [0.4, 0.5) is 0 Å². The van der Waals surface area contributed by atoms with Gasteiger partial charge in [0.15, 0.2) is 0 Å². The van der Waals surface area contributed by atoms with Gasteiger partial charge in [0.2, 0.25) is 0 Å². The first kappa shape index (κ1) is 35.4. The number of carbonyl (C=O) groups excluding carboxylic acids is 1. The highest BCUT2D eigenvalue weighted by molar-refractivity contribution is 5.69. The smallest absolute Gasteiger partial charge is 0.306 e. The van der Waals surface area contributed by atoms with E-state index in [4.69, 9.17) is 4.74 Å². The lowest BCUT2D eigenvalue weighted by Gasteiger charge is -2.15. The van der Waals surface area contributed by atoms with Gasteiger partial charge in [-0.3, -0.25) is 4.79 Å². The van der Waals surface area contributed by atoms with Crippen LogP contribution in [-0.2, 0) is 9.53 Å². The van der Waals surface area contributed by atoms with E-state index in [9.17, 15) is 4.79 Å². The first-order chi connectivity index (χ1) is 17.7. The predicted molar refractivity (Wildman–Crippen MR) is 165 cm³/mol. The molecule has 0 amide bonds. The Hall–Kier alpha value is -1.57. The van der Waals surface area contributed by atoms with Gasteiger partial charge in [-0.1, -0.05) is 118 Å². The van der Waals surface area contributed by atoms with E-state index in [-0.39, 0.29) is 12.1 Å². The summed E-state index contributed by atoms with van der Waals surface area (Å²) in [6.45, 7) is 15.2. The summed E-state index contributed by atoms with van der Waals surface area (Å²) in [5, 5.41) is 0. The molecule has 0 rings (SSSR count). The maximum atomic E-state index is 12.6. The van der Waals surface area contributed by atoms with Crippen LogP contribution in [0.2, 0.25) is 0 Å². The van der Waals surface area contributed by atoms with Gasteiger partial charge in [0.1, 0.15) is 6.10 Å². The normalized spacial score (nSPS) is 12.8. The van der Waals surface area contributed by atoms with Crippen LogP contribution in [-0.4, -0.2) is 12.1 Å². The summed E-state index contributed by atoms with van der Waals surface area (Å²) >= 11 is 0. The Labute approximate surface area is 232 Å². The lowest BCUT2D eigenvalue weighted by molar-refractivity contribution is -0.146. The first-order valence-electron chi connectivity index (χ1n) is 15.5. The number of rotatable bonds is 23. The number of ether oxygens (including phenoxy) is 1. The van der Waals surface area contributed by atoms with Gasteiger partial charge in [0, 0.05) is 12.8 Å². The molecule has 2 nitrogen and oxygen atoms in total. The zero-order valence-corrected chi connectivity index (χ0v) is 25.9. The van der Waals surface area contributed by atoms with Gasteiger partial charge in [-0.05, 0) is 79.7 Å². The minimum atomic E-state index is -0.157. The quantitative estimate of drug-likeness (QED) is 0.0769. The van der Waals surface area contributed by atoms with Crippen molar-refractivity contribution in [1.29, 1.82) is 0 Å². The Morgan fingerprint density at radius 3 is 1.54 bits per heavy atom. The van der Waals surface area contributed by atoms with Crippen molar-refractivity contribution in [3.63, 3.8) is 0 Å². The lowest BCUT2D eigenvalue weighted by atomic mass is 10.0. The Bertz CT molecular complexity index is 684. The molecule has 0 aromatic carbocycles. The second-order valence-corrected chi connectivity index (χ2v) is 11.6. The molecule has 0 saturated heterocycles. The SMILES string of the molecule is CCCCCCCCCCCCCCC(=O)OC(/C=C(\C)CCC=C(C)C)C/C=C(\C)CCC=C(C)C. The third-order valence-electron chi connectivity index (χ3n) is 6.87. The molecule has 0 N–H and O–H groups in total. The van der Waals surface area contributed by atoms with Crippen LogP contribution < -0.4 is 0 Å². The maximum Gasteiger partial charge on any atom is 0.306 e. The van der Waals surface area contributed by atoms with Crippen LogP contribution in [0, 0.1) is 0 Å². The Balaban J connectivity index is 4.45. The van der Waals surface area contributed by atoms with E-state index >= 15 is 0 Å². The molecule has 0 saturated carbocycles. The predicted octanol–water partition coefficient (Wildman–Crippen LogP) is 11.8. The van der Waals surface area contributed by atoms with Gasteiger partial charge in [-0.2, -0.15) is 0 Å². The molecule has 1 atom stereocenters. The summed E-state index contributed by atoms with van der Waals surface area (Å²) in [6, 6.07) is 0. The molecule has 1 unspecified atom stereocenters. The average Bonchev–Trinajstić information content (AvgIpc) is 2.82. The second kappa shape index (κ2) is 24.7. The Kier molecular flexibility index (Phi) is 23.7. The van der Waals surface area contributed by atoms with E-state index < -0.39 is 0 Å². The summed E-state index contributed by atoms with van der Waals surface area (Å²) in [5.41, 5.74) is 5.40. The molecule has 0 heterocycles. The third kappa shape index (κ3) is 25.8. The van der Waals surface area contributed by atoms with E-state index in [2.05, 4.69) is 72.8 Å². The Morgan fingerprint density at radius 2 is 1.05 bits per heavy atom. The number of hydrogen-bond acceptors (Lipinski definition) is 2. The largest absolute Gasteiger partial charge is 0.458 e. The van der Waals surface area contributed by atoms with Gasteiger partial charge in [-0.15, -0.1) is 0 Å². The van der Waals surface area contributed by atoms with Crippen LogP contribution in [0.5, 0.6) is 0 Å². The molecule has 0 aromatic heterocycles. The van der Waals surface area contributed by atoms with E-state index in [1.165, 1.54) is 86.5 Å². The Morgan fingerprint density at radius 1 is 0.595 bits per heavy atom. The molecule has 0 bridgehead atoms. The minimum Gasteiger partial charge on any atom is -0.458 e.